The molecule has 0 aromatic heterocycles. The van der Waals surface area contributed by atoms with Crippen LogP contribution >= 0.6 is 15.9 Å². The highest BCUT2D eigenvalue weighted by molar-refractivity contribution is 9.10. The highest BCUT2D eigenvalue weighted by atomic mass is 79.9. The van der Waals surface area contributed by atoms with Gasteiger partial charge in [0.05, 0.1) is 6.61 Å². The molecule has 0 heterocycles. The SMILES string of the molecule is CCCCOC(=O)C(Br)Cc1ccc(CC(C)(C)[Si](C)(C)O)cc1. The molecule has 0 bridgehead atoms. The second kappa shape index (κ2) is 9.16. The maximum atomic E-state index is 11.9. The Kier molecular flexibility index (Phi) is 8.16. The van der Waals surface area contributed by atoms with Crippen LogP contribution in [-0.4, -0.2) is 30.5 Å². The summed E-state index contributed by atoms with van der Waals surface area (Å²) in [6, 6.07) is 8.31. The first-order chi connectivity index (χ1) is 11.1. The van der Waals surface area contributed by atoms with E-state index in [4.69, 9.17) is 4.74 Å². The lowest BCUT2D eigenvalue weighted by Gasteiger charge is -2.35. The maximum Gasteiger partial charge on any atom is 0.320 e. The zero-order chi connectivity index (χ0) is 18.4. The van der Waals surface area contributed by atoms with Crippen molar-refractivity contribution in [3.63, 3.8) is 0 Å². The monoisotopic (exact) mass is 414 g/mol. The van der Waals surface area contributed by atoms with E-state index in [9.17, 15) is 9.59 Å². The lowest BCUT2D eigenvalue weighted by Crippen LogP contribution is -2.40. The van der Waals surface area contributed by atoms with Crippen LogP contribution in [-0.2, 0) is 22.4 Å². The van der Waals surface area contributed by atoms with Crippen LogP contribution in [0, 0.1) is 0 Å². The minimum Gasteiger partial charge on any atom is -0.465 e. The van der Waals surface area contributed by atoms with Gasteiger partial charge in [0.2, 0.25) is 0 Å². The van der Waals surface area contributed by atoms with Crippen molar-refractivity contribution in [3.8, 4) is 0 Å². The fraction of sp³-hybridized carbons (Fsp3) is 0.632. The van der Waals surface area contributed by atoms with Crippen LogP contribution in [0.25, 0.3) is 0 Å². The fourth-order valence-electron chi connectivity index (χ4n) is 2.22. The van der Waals surface area contributed by atoms with Crippen LogP contribution in [0.2, 0.25) is 18.1 Å². The third-order valence-electron chi connectivity index (χ3n) is 4.74. The molecule has 0 radical (unpaired) electrons. The minimum absolute atomic E-state index is 0.0739. The van der Waals surface area contributed by atoms with Crippen molar-refractivity contribution in [2.45, 2.75) is 69.4 Å². The van der Waals surface area contributed by atoms with Crippen LogP contribution in [0.5, 0.6) is 0 Å². The first kappa shape index (κ1) is 21.4. The van der Waals surface area contributed by atoms with Crippen molar-refractivity contribution in [1.29, 1.82) is 0 Å². The Morgan fingerprint density at radius 2 is 1.79 bits per heavy atom. The van der Waals surface area contributed by atoms with Crippen LogP contribution < -0.4 is 0 Å². The largest absolute Gasteiger partial charge is 0.465 e. The van der Waals surface area contributed by atoms with Gasteiger partial charge >= 0.3 is 5.97 Å². The van der Waals surface area contributed by atoms with Gasteiger partial charge in [-0.2, -0.15) is 0 Å². The molecule has 0 saturated heterocycles. The highest BCUT2D eigenvalue weighted by Crippen LogP contribution is 2.38. The third-order valence-corrected chi connectivity index (χ3v) is 8.92. The van der Waals surface area contributed by atoms with Gasteiger partial charge in [-0.15, -0.1) is 0 Å². The number of ether oxygens (including phenoxy) is 1. The zero-order valence-electron chi connectivity index (χ0n) is 15.6. The molecular formula is C19H31BrO3Si. The number of benzene rings is 1. The summed E-state index contributed by atoms with van der Waals surface area (Å²) in [6.45, 7) is 10.8. The Hall–Kier alpha value is -0.653. The van der Waals surface area contributed by atoms with Gasteiger partial charge in [0.25, 0.3) is 0 Å². The topological polar surface area (TPSA) is 46.5 Å². The Labute approximate surface area is 156 Å². The molecular weight excluding hydrogens is 384 g/mol. The van der Waals surface area contributed by atoms with Crippen LogP contribution in [0.4, 0.5) is 0 Å². The predicted molar refractivity (Wildman–Crippen MR) is 106 cm³/mol. The molecule has 1 rings (SSSR count). The van der Waals surface area contributed by atoms with Crippen molar-refractivity contribution < 1.29 is 14.3 Å². The third kappa shape index (κ3) is 6.69. The molecule has 1 unspecified atom stereocenters. The van der Waals surface area contributed by atoms with Gasteiger partial charge in [0, 0.05) is 0 Å². The van der Waals surface area contributed by atoms with E-state index in [1.807, 2.05) is 13.1 Å². The standard InChI is InChI=1S/C19H31BrO3Si/c1-6-7-12-23-18(21)17(20)13-15-8-10-16(11-9-15)14-19(2,3)24(4,5)22/h8-11,17,22H,6-7,12-14H2,1-5H3. The summed E-state index contributed by atoms with van der Waals surface area (Å²) in [5.74, 6) is -0.193. The number of halogens is 1. The van der Waals surface area contributed by atoms with E-state index in [1.54, 1.807) is 0 Å². The van der Waals surface area contributed by atoms with E-state index in [2.05, 4.69) is 61.0 Å². The van der Waals surface area contributed by atoms with Crippen LogP contribution in [0.1, 0.15) is 44.7 Å². The van der Waals surface area contributed by atoms with E-state index in [1.165, 1.54) is 5.56 Å². The smallest absolute Gasteiger partial charge is 0.320 e. The molecule has 0 aliphatic heterocycles. The summed E-state index contributed by atoms with van der Waals surface area (Å²) in [5.41, 5.74) is 2.32. The van der Waals surface area contributed by atoms with E-state index in [-0.39, 0.29) is 15.8 Å². The van der Waals surface area contributed by atoms with Gasteiger partial charge in [0.15, 0.2) is 8.32 Å². The first-order valence-corrected chi connectivity index (χ1v) is 12.5. The maximum absolute atomic E-state index is 11.9. The van der Waals surface area contributed by atoms with Crippen molar-refractivity contribution in [1.82, 2.24) is 0 Å². The van der Waals surface area contributed by atoms with Gasteiger partial charge < -0.3 is 9.53 Å². The van der Waals surface area contributed by atoms with E-state index >= 15 is 0 Å². The average molecular weight is 415 g/mol. The molecule has 0 aliphatic rings. The molecule has 1 aromatic carbocycles. The van der Waals surface area contributed by atoms with Crippen molar-refractivity contribution in [3.05, 3.63) is 35.4 Å². The van der Waals surface area contributed by atoms with Gasteiger partial charge in [-0.05, 0) is 48.5 Å². The summed E-state index contributed by atoms with van der Waals surface area (Å²) in [6.07, 6.45) is 3.40. The molecule has 0 aliphatic carbocycles. The molecule has 0 spiro atoms. The number of carbonyl (C=O) groups is 1. The summed E-state index contributed by atoms with van der Waals surface area (Å²) in [5, 5.41) is -0.0739. The van der Waals surface area contributed by atoms with E-state index in [0.29, 0.717) is 13.0 Å². The molecule has 1 aromatic rings. The summed E-state index contributed by atoms with van der Waals surface area (Å²) in [4.78, 5) is 22.0. The van der Waals surface area contributed by atoms with Crippen molar-refractivity contribution >= 4 is 30.2 Å². The Morgan fingerprint density at radius 1 is 1.25 bits per heavy atom. The highest BCUT2D eigenvalue weighted by Gasteiger charge is 2.37. The first-order valence-electron chi connectivity index (χ1n) is 8.67. The quantitative estimate of drug-likeness (QED) is 0.271. The zero-order valence-corrected chi connectivity index (χ0v) is 18.1. The predicted octanol–water partition coefficient (Wildman–Crippen LogP) is 4.86. The molecule has 136 valence electrons. The molecule has 0 fully saturated rings. The molecule has 0 saturated carbocycles. The van der Waals surface area contributed by atoms with Gasteiger partial charge in [-0.25, -0.2) is 0 Å². The number of unbranched alkanes of at least 4 members (excludes halogenated alkanes) is 1. The molecule has 5 heteroatoms. The lowest BCUT2D eigenvalue weighted by atomic mass is 9.99. The van der Waals surface area contributed by atoms with Crippen LogP contribution in [0.3, 0.4) is 0 Å². The van der Waals surface area contributed by atoms with Crippen molar-refractivity contribution in [2.75, 3.05) is 6.61 Å². The van der Waals surface area contributed by atoms with Gasteiger partial charge in [-0.1, -0.05) is 67.4 Å². The number of carbonyl (C=O) groups excluding carboxylic acids is 1. The molecule has 1 N–H and O–H groups in total. The second-order valence-electron chi connectivity index (χ2n) is 7.63. The van der Waals surface area contributed by atoms with Crippen molar-refractivity contribution in [2.24, 2.45) is 0 Å². The average Bonchev–Trinajstić information content (AvgIpc) is 2.48. The van der Waals surface area contributed by atoms with E-state index in [0.717, 1.165) is 24.8 Å². The molecule has 1 atom stereocenters. The van der Waals surface area contributed by atoms with Gasteiger partial charge in [0.1, 0.15) is 4.83 Å². The van der Waals surface area contributed by atoms with Crippen LogP contribution in [0.15, 0.2) is 24.3 Å². The summed E-state index contributed by atoms with van der Waals surface area (Å²) < 4.78 is 5.23. The molecule has 0 amide bonds. The normalized spacial score (nSPS) is 13.6. The van der Waals surface area contributed by atoms with E-state index < -0.39 is 8.32 Å². The lowest BCUT2D eigenvalue weighted by molar-refractivity contribution is -0.142. The summed E-state index contributed by atoms with van der Waals surface area (Å²) in [7, 11) is -2.21. The Bertz CT molecular complexity index is 520. The number of alkyl halides is 1. The Balaban J connectivity index is 2.60. The number of hydrogen-bond donors (Lipinski definition) is 1. The second-order valence-corrected chi connectivity index (χ2v) is 13.2. The fourth-order valence-corrected chi connectivity index (χ4v) is 3.36. The van der Waals surface area contributed by atoms with Gasteiger partial charge in [-0.3, -0.25) is 4.79 Å². The molecule has 3 nitrogen and oxygen atoms in total. The minimum atomic E-state index is -2.21. The molecule has 24 heavy (non-hydrogen) atoms. The Morgan fingerprint density at radius 3 is 2.29 bits per heavy atom. The number of esters is 1. The number of rotatable bonds is 9. The number of hydrogen-bond acceptors (Lipinski definition) is 3. The summed E-state index contributed by atoms with van der Waals surface area (Å²) >= 11 is 3.42.